The van der Waals surface area contributed by atoms with Gasteiger partial charge in [0.05, 0.1) is 47.5 Å². The summed E-state index contributed by atoms with van der Waals surface area (Å²) in [5.74, 6) is 1.11. The van der Waals surface area contributed by atoms with Crippen LogP contribution in [0.25, 0.3) is 10.2 Å². The summed E-state index contributed by atoms with van der Waals surface area (Å²) in [6.07, 6.45) is 2.99. The number of rotatable bonds is 5. The number of nitrogens with zero attached hydrogens (tertiary/aromatic N) is 2. The zero-order chi connectivity index (χ0) is 21.2. The number of anilines is 1. The van der Waals surface area contributed by atoms with E-state index in [-0.39, 0.29) is 18.4 Å². The van der Waals surface area contributed by atoms with Crippen LogP contribution in [0.1, 0.15) is 24.8 Å². The molecule has 0 N–H and O–H groups in total. The SMILES string of the molecule is O=C(Cc1cc(Cl)c2c(c1)OCCCO2)N(C[C@@H]1CCCO1)c1nc2ccccc2s1. The van der Waals surface area contributed by atoms with E-state index in [1.807, 2.05) is 30.3 Å². The number of amides is 1. The second kappa shape index (κ2) is 9.02. The van der Waals surface area contributed by atoms with Crippen molar-refractivity contribution >= 4 is 44.2 Å². The van der Waals surface area contributed by atoms with Crippen LogP contribution in [0.3, 0.4) is 0 Å². The van der Waals surface area contributed by atoms with Gasteiger partial charge in [0, 0.05) is 13.0 Å². The van der Waals surface area contributed by atoms with E-state index >= 15 is 0 Å². The molecular formula is C23H23ClN2O4S. The third-order valence-electron chi connectivity index (χ3n) is 5.44. The highest BCUT2D eigenvalue weighted by molar-refractivity contribution is 7.22. The molecule has 1 aromatic heterocycles. The van der Waals surface area contributed by atoms with Gasteiger partial charge in [0.1, 0.15) is 0 Å². The number of hydrogen-bond donors (Lipinski definition) is 0. The van der Waals surface area contributed by atoms with E-state index in [4.69, 9.17) is 30.8 Å². The van der Waals surface area contributed by atoms with Crippen LogP contribution in [-0.4, -0.2) is 43.4 Å². The first-order chi connectivity index (χ1) is 15.2. The Morgan fingerprint density at radius 3 is 2.87 bits per heavy atom. The van der Waals surface area contributed by atoms with E-state index in [1.165, 1.54) is 11.3 Å². The molecule has 6 nitrogen and oxygen atoms in total. The van der Waals surface area contributed by atoms with Crippen molar-refractivity contribution in [3.63, 3.8) is 0 Å². The first-order valence-corrected chi connectivity index (χ1v) is 11.7. The molecule has 2 aliphatic rings. The van der Waals surface area contributed by atoms with Crippen LogP contribution >= 0.6 is 22.9 Å². The Hall–Kier alpha value is -2.35. The molecular weight excluding hydrogens is 436 g/mol. The number of para-hydroxylation sites is 1. The van der Waals surface area contributed by atoms with Crippen molar-refractivity contribution in [2.45, 2.75) is 31.8 Å². The molecule has 3 aromatic rings. The summed E-state index contributed by atoms with van der Waals surface area (Å²) in [6, 6.07) is 11.6. The van der Waals surface area contributed by atoms with Gasteiger partial charge < -0.3 is 14.2 Å². The Kier molecular flexibility index (Phi) is 5.98. The summed E-state index contributed by atoms with van der Waals surface area (Å²) in [6.45, 7) is 2.37. The number of halogens is 1. The quantitative estimate of drug-likeness (QED) is 0.546. The maximum atomic E-state index is 13.4. The third kappa shape index (κ3) is 4.49. The molecule has 0 aliphatic carbocycles. The maximum absolute atomic E-state index is 13.4. The van der Waals surface area contributed by atoms with Crippen LogP contribution in [0.5, 0.6) is 11.5 Å². The average Bonchev–Trinajstić information content (AvgIpc) is 3.36. The van der Waals surface area contributed by atoms with Crippen molar-refractivity contribution in [2.24, 2.45) is 0 Å². The van der Waals surface area contributed by atoms with Gasteiger partial charge in [-0.05, 0) is 42.7 Å². The number of thiazole rings is 1. The molecule has 1 atom stereocenters. The summed E-state index contributed by atoms with van der Waals surface area (Å²) in [4.78, 5) is 19.9. The molecule has 2 aromatic carbocycles. The van der Waals surface area contributed by atoms with Crippen molar-refractivity contribution < 1.29 is 19.0 Å². The van der Waals surface area contributed by atoms with Crippen LogP contribution in [-0.2, 0) is 16.0 Å². The second-order valence-electron chi connectivity index (χ2n) is 7.74. The molecule has 1 amide bonds. The Bertz CT molecular complexity index is 1060. The fourth-order valence-corrected chi connectivity index (χ4v) is 5.19. The number of benzene rings is 2. The molecule has 5 rings (SSSR count). The lowest BCUT2D eigenvalue weighted by molar-refractivity contribution is -0.118. The molecule has 3 heterocycles. The lowest BCUT2D eigenvalue weighted by Gasteiger charge is -2.23. The van der Waals surface area contributed by atoms with Gasteiger partial charge in [0.25, 0.3) is 0 Å². The topological polar surface area (TPSA) is 60.9 Å². The standard InChI is InChI=1S/C23H23ClN2O4S/c24-17-11-15(12-19-22(17)30-10-4-9-29-19)13-21(27)26(14-16-5-3-8-28-16)23-25-18-6-1-2-7-20(18)31-23/h1-2,6-7,11-12,16H,3-5,8-10,13-14H2/t16-/m0/s1. The monoisotopic (exact) mass is 458 g/mol. The van der Waals surface area contributed by atoms with Gasteiger partial charge in [-0.1, -0.05) is 35.1 Å². The minimum Gasteiger partial charge on any atom is -0.489 e. The Labute approximate surface area is 189 Å². The number of ether oxygens (including phenoxy) is 3. The highest BCUT2D eigenvalue weighted by Gasteiger charge is 2.27. The van der Waals surface area contributed by atoms with Gasteiger partial charge in [-0.3, -0.25) is 9.69 Å². The fraction of sp³-hybridized carbons (Fsp3) is 0.391. The van der Waals surface area contributed by atoms with Crippen LogP contribution in [0.15, 0.2) is 36.4 Å². The van der Waals surface area contributed by atoms with E-state index in [1.54, 1.807) is 11.0 Å². The number of carbonyl (C=O) groups is 1. The Morgan fingerprint density at radius 1 is 1.16 bits per heavy atom. The second-order valence-corrected chi connectivity index (χ2v) is 9.15. The molecule has 0 unspecified atom stereocenters. The summed E-state index contributed by atoms with van der Waals surface area (Å²) < 4.78 is 18.3. The van der Waals surface area contributed by atoms with Gasteiger partial charge in [-0.15, -0.1) is 0 Å². The van der Waals surface area contributed by atoms with Gasteiger partial charge in [-0.25, -0.2) is 4.98 Å². The molecule has 0 radical (unpaired) electrons. The van der Waals surface area contributed by atoms with Crippen LogP contribution < -0.4 is 14.4 Å². The molecule has 162 valence electrons. The van der Waals surface area contributed by atoms with Crippen molar-refractivity contribution in [3.05, 3.63) is 47.0 Å². The maximum Gasteiger partial charge on any atom is 0.233 e. The zero-order valence-corrected chi connectivity index (χ0v) is 18.6. The number of hydrogen-bond acceptors (Lipinski definition) is 6. The van der Waals surface area contributed by atoms with Crippen molar-refractivity contribution in [1.82, 2.24) is 4.98 Å². The number of carbonyl (C=O) groups excluding carboxylic acids is 1. The summed E-state index contributed by atoms with van der Waals surface area (Å²) in [7, 11) is 0. The third-order valence-corrected chi connectivity index (χ3v) is 6.78. The number of fused-ring (bicyclic) bond motifs is 2. The molecule has 8 heteroatoms. The van der Waals surface area contributed by atoms with Crippen molar-refractivity contribution in [2.75, 3.05) is 31.3 Å². The molecule has 31 heavy (non-hydrogen) atoms. The van der Waals surface area contributed by atoms with Crippen LogP contribution in [0, 0.1) is 0 Å². The summed E-state index contributed by atoms with van der Waals surface area (Å²) >= 11 is 7.95. The van der Waals surface area contributed by atoms with E-state index in [0.29, 0.717) is 41.4 Å². The van der Waals surface area contributed by atoms with Crippen molar-refractivity contribution in [3.8, 4) is 11.5 Å². The largest absolute Gasteiger partial charge is 0.489 e. The highest BCUT2D eigenvalue weighted by Crippen LogP contribution is 2.38. The smallest absolute Gasteiger partial charge is 0.233 e. The average molecular weight is 459 g/mol. The van der Waals surface area contributed by atoms with E-state index in [9.17, 15) is 4.79 Å². The Morgan fingerprint density at radius 2 is 2.03 bits per heavy atom. The van der Waals surface area contributed by atoms with E-state index in [2.05, 4.69) is 0 Å². The summed E-state index contributed by atoms with van der Waals surface area (Å²) in [5.41, 5.74) is 1.68. The number of aromatic nitrogens is 1. The van der Waals surface area contributed by atoms with E-state index < -0.39 is 0 Å². The first-order valence-electron chi connectivity index (χ1n) is 10.5. The zero-order valence-electron chi connectivity index (χ0n) is 17.0. The molecule has 0 bridgehead atoms. The summed E-state index contributed by atoms with van der Waals surface area (Å²) in [5, 5.41) is 1.16. The molecule has 1 fully saturated rings. The van der Waals surface area contributed by atoms with E-state index in [0.717, 1.165) is 41.6 Å². The minimum absolute atomic E-state index is 0.0309. The normalized spacial score (nSPS) is 18.2. The highest BCUT2D eigenvalue weighted by atomic mass is 35.5. The van der Waals surface area contributed by atoms with Gasteiger partial charge >= 0.3 is 0 Å². The first kappa shape index (κ1) is 20.5. The predicted molar refractivity (Wildman–Crippen MR) is 122 cm³/mol. The lowest BCUT2D eigenvalue weighted by atomic mass is 10.1. The molecule has 0 spiro atoms. The van der Waals surface area contributed by atoms with Gasteiger partial charge in [-0.2, -0.15) is 0 Å². The molecule has 0 saturated carbocycles. The predicted octanol–water partition coefficient (Wildman–Crippen LogP) is 4.87. The fourth-order valence-electron chi connectivity index (χ4n) is 3.91. The Balaban J connectivity index is 1.42. The van der Waals surface area contributed by atoms with Crippen molar-refractivity contribution in [1.29, 1.82) is 0 Å². The molecule has 1 saturated heterocycles. The van der Waals surface area contributed by atoms with Gasteiger partial charge in [0.15, 0.2) is 16.6 Å². The van der Waals surface area contributed by atoms with Crippen LogP contribution in [0.2, 0.25) is 5.02 Å². The molecule has 2 aliphatic heterocycles. The minimum atomic E-state index is -0.0416. The lowest BCUT2D eigenvalue weighted by Crippen LogP contribution is -2.38. The van der Waals surface area contributed by atoms with Crippen LogP contribution in [0.4, 0.5) is 5.13 Å². The van der Waals surface area contributed by atoms with Gasteiger partial charge in [0.2, 0.25) is 5.91 Å².